The minimum Gasteiger partial charge on any atom is -0.298 e. The first-order valence-electron chi connectivity index (χ1n) is 6.33. The molecule has 2 nitrogen and oxygen atoms in total. The second-order valence-corrected chi connectivity index (χ2v) is 6.18. The van der Waals surface area contributed by atoms with Gasteiger partial charge in [0.05, 0.1) is 0 Å². The third kappa shape index (κ3) is 2.04. The van der Waals surface area contributed by atoms with Gasteiger partial charge >= 0.3 is 0 Å². The Hall–Kier alpha value is -0.380. The van der Waals surface area contributed by atoms with Crippen LogP contribution in [-0.2, 0) is 6.54 Å². The molecule has 3 rings (SSSR count). The molecule has 1 aromatic rings. The van der Waals surface area contributed by atoms with Gasteiger partial charge in [-0.05, 0) is 37.8 Å². The first-order chi connectivity index (χ1) is 7.83. The molecule has 0 bridgehead atoms. The SMILES string of the molecule is C[C@@H]1CN2CCC[C@@H]2CN1Cc1cccs1. The molecule has 0 aromatic carbocycles. The van der Waals surface area contributed by atoms with Crippen LogP contribution in [0.2, 0.25) is 0 Å². The van der Waals surface area contributed by atoms with Crippen LogP contribution >= 0.6 is 11.3 Å². The van der Waals surface area contributed by atoms with Crippen LogP contribution in [0.4, 0.5) is 0 Å². The van der Waals surface area contributed by atoms with Crippen molar-refractivity contribution in [1.29, 1.82) is 0 Å². The average molecular weight is 236 g/mol. The first kappa shape index (κ1) is 10.8. The maximum atomic E-state index is 2.69. The lowest BCUT2D eigenvalue weighted by Gasteiger charge is -2.42. The fourth-order valence-electron chi connectivity index (χ4n) is 3.07. The van der Waals surface area contributed by atoms with Crippen LogP contribution in [0.5, 0.6) is 0 Å². The van der Waals surface area contributed by atoms with E-state index in [1.807, 2.05) is 11.3 Å². The second kappa shape index (κ2) is 4.47. The van der Waals surface area contributed by atoms with Crippen LogP contribution in [0.1, 0.15) is 24.6 Å². The third-order valence-electron chi connectivity index (χ3n) is 4.01. The summed E-state index contributed by atoms with van der Waals surface area (Å²) in [7, 11) is 0. The summed E-state index contributed by atoms with van der Waals surface area (Å²) in [5.41, 5.74) is 0. The fourth-order valence-corrected chi connectivity index (χ4v) is 3.80. The maximum absolute atomic E-state index is 2.69. The van der Waals surface area contributed by atoms with Gasteiger partial charge in [-0.3, -0.25) is 9.80 Å². The lowest BCUT2D eigenvalue weighted by molar-refractivity contribution is 0.0547. The Kier molecular flexibility index (Phi) is 3.01. The number of piperazine rings is 1. The predicted molar refractivity (Wildman–Crippen MR) is 68.8 cm³/mol. The van der Waals surface area contributed by atoms with Crippen LogP contribution in [0, 0.1) is 0 Å². The van der Waals surface area contributed by atoms with Gasteiger partial charge in [0, 0.05) is 36.6 Å². The molecular weight excluding hydrogens is 216 g/mol. The second-order valence-electron chi connectivity index (χ2n) is 5.15. The Morgan fingerprint density at radius 1 is 1.44 bits per heavy atom. The number of hydrogen-bond donors (Lipinski definition) is 0. The van der Waals surface area contributed by atoms with E-state index in [4.69, 9.17) is 0 Å². The zero-order chi connectivity index (χ0) is 11.0. The molecule has 0 aliphatic carbocycles. The van der Waals surface area contributed by atoms with E-state index in [9.17, 15) is 0 Å². The topological polar surface area (TPSA) is 6.48 Å². The van der Waals surface area contributed by atoms with E-state index >= 15 is 0 Å². The van der Waals surface area contributed by atoms with Gasteiger partial charge in [0.15, 0.2) is 0 Å². The average Bonchev–Trinajstić information content (AvgIpc) is 2.89. The highest BCUT2D eigenvalue weighted by Crippen LogP contribution is 2.26. The van der Waals surface area contributed by atoms with Crippen molar-refractivity contribution < 1.29 is 0 Å². The Morgan fingerprint density at radius 3 is 3.19 bits per heavy atom. The standard InChI is InChI=1S/C13H20N2S/c1-11-8-14-6-2-4-12(14)9-15(11)10-13-5-3-7-16-13/h3,5,7,11-12H,2,4,6,8-10H2,1H3/t11-,12-/m1/s1. The van der Waals surface area contributed by atoms with Crippen LogP contribution in [-0.4, -0.2) is 41.5 Å². The lowest BCUT2D eigenvalue weighted by atomic mass is 10.1. The number of thiophene rings is 1. The van der Waals surface area contributed by atoms with Crippen LogP contribution in [0.3, 0.4) is 0 Å². The van der Waals surface area contributed by atoms with E-state index in [-0.39, 0.29) is 0 Å². The Morgan fingerprint density at radius 2 is 2.38 bits per heavy atom. The molecule has 88 valence electrons. The Bertz CT molecular complexity index is 336. The van der Waals surface area contributed by atoms with Gasteiger partial charge in [0.1, 0.15) is 0 Å². The molecule has 3 heterocycles. The van der Waals surface area contributed by atoms with Crippen LogP contribution < -0.4 is 0 Å². The highest BCUT2D eigenvalue weighted by Gasteiger charge is 2.34. The highest BCUT2D eigenvalue weighted by atomic mass is 32.1. The predicted octanol–water partition coefficient (Wildman–Crippen LogP) is 2.42. The quantitative estimate of drug-likeness (QED) is 0.778. The van der Waals surface area contributed by atoms with Gasteiger partial charge in [-0.1, -0.05) is 6.07 Å². The Balaban J connectivity index is 1.66. The molecule has 2 saturated heterocycles. The minimum absolute atomic E-state index is 0.719. The van der Waals surface area contributed by atoms with Gasteiger partial charge in [-0.15, -0.1) is 11.3 Å². The zero-order valence-corrected chi connectivity index (χ0v) is 10.7. The summed E-state index contributed by atoms with van der Waals surface area (Å²) in [6, 6.07) is 5.99. The number of hydrogen-bond acceptors (Lipinski definition) is 3. The molecule has 2 aliphatic heterocycles. The van der Waals surface area contributed by atoms with Crippen molar-refractivity contribution in [2.75, 3.05) is 19.6 Å². The molecule has 0 amide bonds. The van der Waals surface area contributed by atoms with E-state index in [2.05, 4.69) is 34.2 Å². The maximum Gasteiger partial charge on any atom is 0.0331 e. The molecular formula is C13H20N2S. The van der Waals surface area contributed by atoms with Gasteiger partial charge < -0.3 is 0 Å². The molecule has 0 unspecified atom stereocenters. The number of rotatable bonds is 2. The van der Waals surface area contributed by atoms with Crippen molar-refractivity contribution in [3.8, 4) is 0 Å². The summed E-state index contributed by atoms with van der Waals surface area (Å²) in [5, 5.41) is 2.19. The van der Waals surface area contributed by atoms with Gasteiger partial charge in [0.25, 0.3) is 0 Å². The molecule has 0 radical (unpaired) electrons. The third-order valence-corrected chi connectivity index (χ3v) is 4.87. The summed E-state index contributed by atoms with van der Waals surface area (Å²) in [6.07, 6.45) is 2.82. The largest absolute Gasteiger partial charge is 0.298 e. The van der Waals surface area contributed by atoms with E-state index in [1.165, 1.54) is 37.4 Å². The molecule has 2 atom stereocenters. The van der Waals surface area contributed by atoms with Crippen molar-refractivity contribution in [2.24, 2.45) is 0 Å². The van der Waals surface area contributed by atoms with E-state index < -0.39 is 0 Å². The summed E-state index contributed by atoms with van der Waals surface area (Å²) in [4.78, 5) is 6.87. The van der Waals surface area contributed by atoms with Crippen molar-refractivity contribution >= 4 is 11.3 Å². The lowest BCUT2D eigenvalue weighted by Crippen LogP contribution is -2.54. The van der Waals surface area contributed by atoms with Gasteiger partial charge in [-0.25, -0.2) is 0 Å². The summed E-state index contributed by atoms with van der Waals surface area (Å²) in [6.45, 7) is 7.42. The monoisotopic (exact) mass is 236 g/mol. The summed E-state index contributed by atoms with van der Waals surface area (Å²) < 4.78 is 0. The highest BCUT2D eigenvalue weighted by molar-refractivity contribution is 7.09. The summed E-state index contributed by atoms with van der Waals surface area (Å²) in [5.74, 6) is 0. The molecule has 2 aliphatic rings. The molecule has 1 aromatic heterocycles. The van der Waals surface area contributed by atoms with Crippen molar-refractivity contribution in [2.45, 2.75) is 38.4 Å². The molecule has 16 heavy (non-hydrogen) atoms. The number of nitrogens with zero attached hydrogens (tertiary/aromatic N) is 2. The fraction of sp³-hybridized carbons (Fsp3) is 0.692. The van der Waals surface area contributed by atoms with E-state index in [0.717, 1.165) is 18.6 Å². The van der Waals surface area contributed by atoms with Gasteiger partial charge in [0.2, 0.25) is 0 Å². The number of fused-ring (bicyclic) bond motifs is 1. The smallest absolute Gasteiger partial charge is 0.0331 e. The van der Waals surface area contributed by atoms with Crippen molar-refractivity contribution in [3.05, 3.63) is 22.4 Å². The minimum atomic E-state index is 0.719. The molecule has 0 N–H and O–H groups in total. The molecule has 2 fully saturated rings. The van der Waals surface area contributed by atoms with E-state index in [0.29, 0.717) is 0 Å². The van der Waals surface area contributed by atoms with Crippen molar-refractivity contribution in [3.63, 3.8) is 0 Å². The molecule has 0 saturated carbocycles. The Labute approximate surface area is 102 Å². The first-order valence-corrected chi connectivity index (χ1v) is 7.21. The zero-order valence-electron chi connectivity index (χ0n) is 9.93. The van der Waals surface area contributed by atoms with Gasteiger partial charge in [-0.2, -0.15) is 0 Å². The van der Waals surface area contributed by atoms with Crippen LogP contribution in [0.25, 0.3) is 0 Å². The molecule has 0 spiro atoms. The summed E-state index contributed by atoms with van der Waals surface area (Å²) >= 11 is 1.89. The molecule has 3 heteroatoms. The van der Waals surface area contributed by atoms with Crippen LogP contribution in [0.15, 0.2) is 17.5 Å². The van der Waals surface area contributed by atoms with E-state index in [1.54, 1.807) is 0 Å². The van der Waals surface area contributed by atoms with Crippen molar-refractivity contribution in [1.82, 2.24) is 9.80 Å². The normalized spacial score (nSPS) is 31.8.